The van der Waals surface area contributed by atoms with Gasteiger partial charge >= 0.3 is 11.9 Å². The average Bonchev–Trinajstić information content (AvgIpc) is 2.45. The van der Waals surface area contributed by atoms with Crippen molar-refractivity contribution in [1.29, 1.82) is 0 Å². The Labute approximate surface area is 118 Å². The first kappa shape index (κ1) is 15.9. The van der Waals surface area contributed by atoms with E-state index in [-0.39, 0.29) is 0 Å². The lowest BCUT2D eigenvalue weighted by Gasteiger charge is -2.28. The Balaban J connectivity index is 2.88. The molecule has 6 heteroatoms. The van der Waals surface area contributed by atoms with Crippen molar-refractivity contribution in [2.75, 3.05) is 11.9 Å². The van der Waals surface area contributed by atoms with E-state index >= 15 is 0 Å². The number of carboxylic acid groups (broad SMARTS) is 1. The number of carbonyl (C=O) groups excluding carboxylic acids is 1. The van der Waals surface area contributed by atoms with Crippen molar-refractivity contribution in [2.24, 2.45) is 0 Å². The third kappa shape index (κ3) is 3.46. The fraction of sp³-hybridized carbons (Fsp3) is 0.500. The quantitative estimate of drug-likeness (QED) is 0.745. The molecule has 0 radical (unpaired) electrons. The van der Waals surface area contributed by atoms with Gasteiger partial charge in [-0.2, -0.15) is 0 Å². The lowest BCUT2D eigenvalue weighted by molar-refractivity contribution is -0.142. The summed E-state index contributed by atoms with van der Waals surface area (Å²) in [7, 11) is 0. The number of hydrogen-bond donors (Lipinski definition) is 2. The number of pyridine rings is 1. The lowest BCUT2D eigenvalue weighted by Crippen LogP contribution is -2.45. The van der Waals surface area contributed by atoms with Crippen molar-refractivity contribution in [3.05, 3.63) is 23.9 Å². The molecular formula is C14H20N2O4. The van der Waals surface area contributed by atoms with Crippen molar-refractivity contribution in [1.82, 2.24) is 4.98 Å². The SMILES string of the molecule is CCOC(=O)c1ccc(NC(CC)(CC)C(=O)O)nc1. The van der Waals surface area contributed by atoms with E-state index in [1.165, 1.54) is 6.20 Å². The number of ether oxygens (including phenoxy) is 1. The molecule has 0 amide bonds. The Morgan fingerprint density at radius 1 is 1.30 bits per heavy atom. The normalized spacial score (nSPS) is 10.9. The van der Waals surface area contributed by atoms with E-state index in [2.05, 4.69) is 10.3 Å². The van der Waals surface area contributed by atoms with Crippen LogP contribution in [0.1, 0.15) is 44.0 Å². The van der Waals surface area contributed by atoms with Crippen LogP contribution in [0.4, 0.5) is 5.82 Å². The molecule has 0 bridgehead atoms. The largest absolute Gasteiger partial charge is 0.480 e. The van der Waals surface area contributed by atoms with Crippen molar-refractivity contribution < 1.29 is 19.4 Å². The molecule has 0 aliphatic heterocycles. The van der Waals surface area contributed by atoms with E-state index in [1.807, 2.05) is 0 Å². The fourth-order valence-corrected chi connectivity index (χ4v) is 1.83. The molecule has 110 valence electrons. The zero-order chi connectivity index (χ0) is 15.2. The van der Waals surface area contributed by atoms with E-state index < -0.39 is 17.5 Å². The highest BCUT2D eigenvalue weighted by atomic mass is 16.5. The van der Waals surface area contributed by atoms with Crippen LogP contribution < -0.4 is 5.32 Å². The highest BCUT2D eigenvalue weighted by Gasteiger charge is 2.34. The summed E-state index contributed by atoms with van der Waals surface area (Å²) in [5.74, 6) is -0.940. The maximum absolute atomic E-state index is 11.5. The predicted molar refractivity (Wildman–Crippen MR) is 74.8 cm³/mol. The summed E-state index contributed by atoms with van der Waals surface area (Å²) in [6, 6.07) is 3.14. The molecular weight excluding hydrogens is 260 g/mol. The Morgan fingerprint density at radius 2 is 1.95 bits per heavy atom. The third-order valence-corrected chi connectivity index (χ3v) is 3.26. The highest BCUT2D eigenvalue weighted by molar-refractivity contribution is 5.89. The van der Waals surface area contributed by atoms with Gasteiger partial charge in [0.2, 0.25) is 0 Å². The number of aliphatic carboxylic acids is 1. The molecule has 0 aromatic carbocycles. The fourth-order valence-electron chi connectivity index (χ4n) is 1.83. The Bertz CT molecular complexity index is 467. The molecule has 0 saturated carbocycles. The minimum atomic E-state index is -1.04. The smallest absolute Gasteiger partial charge is 0.339 e. The van der Waals surface area contributed by atoms with Crippen LogP contribution in [0.5, 0.6) is 0 Å². The molecule has 1 aromatic rings. The zero-order valence-electron chi connectivity index (χ0n) is 12.0. The van der Waals surface area contributed by atoms with E-state index in [1.54, 1.807) is 32.9 Å². The van der Waals surface area contributed by atoms with Gasteiger partial charge in [0.05, 0.1) is 12.2 Å². The molecule has 1 aromatic heterocycles. The summed E-state index contributed by atoms with van der Waals surface area (Å²) in [6.07, 6.45) is 2.23. The Hall–Kier alpha value is -2.11. The van der Waals surface area contributed by atoms with Crippen LogP contribution in [-0.2, 0) is 9.53 Å². The number of esters is 1. The second-order valence-corrected chi connectivity index (χ2v) is 4.37. The third-order valence-electron chi connectivity index (χ3n) is 3.26. The second-order valence-electron chi connectivity index (χ2n) is 4.37. The van der Waals surface area contributed by atoms with Gasteiger partial charge in [0.15, 0.2) is 0 Å². The van der Waals surface area contributed by atoms with E-state index in [0.29, 0.717) is 30.8 Å². The number of nitrogens with zero attached hydrogens (tertiary/aromatic N) is 1. The summed E-state index contributed by atoms with van der Waals surface area (Å²) >= 11 is 0. The van der Waals surface area contributed by atoms with Crippen LogP contribution >= 0.6 is 0 Å². The number of carbonyl (C=O) groups is 2. The lowest BCUT2D eigenvalue weighted by atomic mass is 9.93. The summed E-state index contributed by atoms with van der Waals surface area (Å²) in [5, 5.41) is 12.3. The minimum absolute atomic E-state index is 0.298. The van der Waals surface area contributed by atoms with Gasteiger partial charge in [-0.05, 0) is 31.9 Å². The highest BCUT2D eigenvalue weighted by Crippen LogP contribution is 2.21. The van der Waals surface area contributed by atoms with Crippen LogP contribution in [0, 0.1) is 0 Å². The average molecular weight is 280 g/mol. The second kappa shape index (κ2) is 6.88. The maximum Gasteiger partial charge on any atom is 0.339 e. The maximum atomic E-state index is 11.5. The van der Waals surface area contributed by atoms with Gasteiger partial charge in [-0.25, -0.2) is 14.6 Å². The Morgan fingerprint density at radius 3 is 2.35 bits per heavy atom. The molecule has 0 saturated heterocycles. The first-order valence-electron chi connectivity index (χ1n) is 6.63. The molecule has 0 fully saturated rings. The van der Waals surface area contributed by atoms with Crippen LogP contribution in [-0.4, -0.2) is 34.2 Å². The summed E-state index contributed by atoms with van der Waals surface area (Å²) in [5.41, 5.74) is -0.704. The number of anilines is 1. The van der Waals surface area contributed by atoms with E-state index in [0.717, 1.165) is 0 Å². The number of hydrogen-bond acceptors (Lipinski definition) is 5. The molecule has 20 heavy (non-hydrogen) atoms. The molecule has 0 aliphatic carbocycles. The zero-order valence-corrected chi connectivity index (χ0v) is 12.0. The van der Waals surface area contributed by atoms with Crippen LogP contribution in [0.2, 0.25) is 0 Å². The first-order chi connectivity index (χ1) is 9.49. The van der Waals surface area contributed by atoms with Gasteiger partial charge in [-0.1, -0.05) is 13.8 Å². The van der Waals surface area contributed by atoms with Crippen molar-refractivity contribution in [3.63, 3.8) is 0 Å². The molecule has 0 unspecified atom stereocenters. The molecule has 0 aliphatic rings. The van der Waals surface area contributed by atoms with Gasteiger partial charge < -0.3 is 15.2 Å². The van der Waals surface area contributed by atoms with Crippen molar-refractivity contribution in [3.8, 4) is 0 Å². The van der Waals surface area contributed by atoms with Gasteiger partial charge in [0, 0.05) is 6.20 Å². The first-order valence-corrected chi connectivity index (χ1v) is 6.63. The number of aromatic nitrogens is 1. The summed E-state index contributed by atoms with van der Waals surface area (Å²) < 4.78 is 4.86. The Kier molecular flexibility index (Phi) is 5.49. The van der Waals surface area contributed by atoms with Crippen LogP contribution in [0.3, 0.4) is 0 Å². The predicted octanol–water partition coefficient (Wildman–Crippen LogP) is 2.31. The molecule has 0 atom stereocenters. The van der Waals surface area contributed by atoms with Gasteiger partial charge in [-0.15, -0.1) is 0 Å². The van der Waals surface area contributed by atoms with Gasteiger partial charge in [0.25, 0.3) is 0 Å². The summed E-state index contributed by atoms with van der Waals surface area (Å²) in [6.45, 7) is 5.63. The van der Waals surface area contributed by atoms with Crippen LogP contribution in [0.15, 0.2) is 18.3 Å². The molecule has 2 N–H and O–H groups in total. The number of rotatable bonds is 7. The number of nitrogens with one attached hydrogen (secondary N) is 1. The standard InChI is InChI=1S/C14H20N2O4/c1-4-14(5-2,13(18)19)16-11-8-7-10(9-15-11)12(17)20-6-3/h7-9H,4-6H2,1-3H3,(H,15,16)(H,18,19). The van der Waals surface area contributed by atoms with E-state index in [4.69, 9.17) is 4.74 Å². The molecule has 1 rings (SSSR count). The van der Waals surface area contributed by atoms with Gasteiger partial charge in [-0.3, -0.25) is 0 Å². The van der Waals surface area contributed by atoms with E-state index in [9.17, 15) is 14.7 Å². The van der Waals surface area contributed by atoms with Crippen molar-refractivity contribution >= 4 is 17.8 Å². The van der Waals surface area contributed by atoms with Crippen molar-refractivity contribution in [2.45, 2.75) is 39.2 Å². The molecule has 6 nitrogen and oxygen atoms in total. The molecule has 0 spiro atoms. The minimum Gasteiger partial charge on any atom is -0.480 e. The topological polar surface area (TPSA) is 88.5 Å². The monoisotopic (exact) mass is 280 g/mol. The van der Waals surface area contributed by atoms with Crippen LogP contribution in [0.25, 0.3) is 0 Å². The molecule has 1 heterocycles. The number of carboxylic acids is 1. The summed E-state index contributed by atoms with van der Waals surface area (Å²) in [4.78, 5) is 26.9. The van der Waals surface area contributed by atoms with Gasteiger partial charge in [0.1, 0.15) is 11.4 Å².